The van der Waals surface area contributed by atoms with Crippen LogP contribution in [0.15, 0.2) is 12.2 Å². The SMILES string of the molecule is CC(C)(CC(=O)O)CC(=O)NC(=O)N1CC=CCC1. The number of nitrogens with one attached hydrogen (secondary N) is 1. The first kappa shape index (κ1) is 15.2. The molecule has 0 unspecified atom stereocenters. The number of aliphatic carboxylic acids is 1. The average molecular weight is 268 g/mol. The molecule has 0 fully saturated rings. The van der Waals surface area contributed by atoms with Gasteiger partial charge in [0.1, 0.15) is 0 Å². The fraction of sp³-hybridized carbons (Fsp3) is 0.615. The summed E-state index contributed by atoms with van der Waals surface area (Å²) in [6, 6.07) is -0.416. The molecule has 6 heteroatoms. The highest BCUT2D eigenvalue weighted by atomic mass is 16.4. The van der Waals surface area contributed by atoms with Crippen molar-refractivity contribution in [2.75, 3.05) is 13.1 Å². The number of carboxylic acids is 1. The van der Waals surface area contributed by atoms with E-state index in [0.717, 1.165) is 6.42 Å². The zero-order chi connectivity index (χ0) is 14.5. The molecule has 0 atom stereocenters. The zero-order valence-corrected chi connectivity index (χ0v) is 11.3. The molecule has 3 amide bonds. The summed E-state index contributed by atoms with van der Waals surface area (Å²) >= 11 is 0. The summed E-state index contributed by atoms with van der Waals surface area (Å²) in [5.41, 5.74) is -0.669. The Morgan fingerprint density at radius 1 is 1.26 bits per heavy atom. The number of carbonyl (C=O) groups excluding carboxylic acids is 2. The van der Waals surface area contributed by atoms with E-state index in [1.807, 2.05) is 12.2 Å². The minimum Gasteiger partial charge on any atom is -0.481 e. The molecule has 0 bridgehead atoms. The van der Waals surface area contributed by atoms with Crippen LogP contribution >= 0.6 is 0 Å². The lowest BCUT2D eigenvalue weighted by atomic mass is 9.85. The van der Waals surface area contributed by atoms with Crippen molar-refractivity contribution >= 4 is 17.9 Å². The molecule has 1 heterocycles. The van der Waals surface area contributed by atoms with Gasteiger partial charge in [-0.25, -0.2) is 4.79 Å². The van der Waals surface area contributed by atoms with Gasteiger partial charge in [-0.3, -0.25) is 14.9 Å². The van der Waals surface area contributed by atoms with Crippen LogP contribution in [0.25, 0.3) is 0 Å². The van der Waals surface area contributed by atoms with Gasteiger partial charge >= 0.3 is 12.0 Å². The van der Waals surface area contributed by atoms with E-state index in [9.17, 15) is 14.4 Å². The van der Waals surface area contributed by atoms with E-state index in [2.05, 4.69) is 5.32 Å². The van der Waals surface area contributed by atoms with Crippen LogP contribution in [-0.2, 0) is 9.59 Å². The number of nitrogens with zero attached hydrogens (tertiary/aromatic N) is 1. The van der Waals surface area contributed by atoms with Crippen LogP contribution in [0, 0.1) is 5.41 Å². The van der Waals surface area contributed by atoms with E-state index in [1.165, 1.54) is 0 Å². The standard InChI is InChI=1S/C13H20N2O4/c1-13(2,9-11(17)18)8-10(16)14-12(19)15-6-4-3-5-7-15/h3-4H,5-9H2,1-2H3,(H,17,18)(H,14,16,19). The van der Waals surface area contributed by atoms with Crippen molar-refractivity contribution in [3.05, 3.63) is 12.2 Å². The van der Waals surface area contributed by atoms with Crippen molar-refractivity contribution in [2.24, 2.45) is 5.41 Å². The molecule has 1 aliphatic rings. The van der Waals surface area contributed by atoms with Gasteiger partial charge in [0.15, 0.2) is 0 Å². The Bertz CT molecular complexity index is 401. The first-order valence-corrected chi connectivity index (χ1v) is 6.26. The predicted molar refractivity (Wildman–Crippen MR) is 69.5 cm³/mol. The minimum absolute atomic E-state index is 0.00865. The van der Waals surface area contributed by atoms with Crippen molar-refractivity contribution < 1.29 is 19.5 Å². The summed E-state index contributed by atoms with van der Waals surface area (Å²) < 4.78 is 0. The van der Waals surface area contributed by atoms with Crippen LogP contribution < -0.4 is 5.32 Å². The summed E-state index contributed by atoms with van der Waals surface area (Å²) in [6.07, 6.45) is 4.55. The third-order valence-electron chi connectivity index (χ3n) is 2.86. The first-order valence-electron chi connectivity index (χ1n) is 6.26. The van der Waals surface area contributed by atoms with Gasteiger partial charge in [0.05, 0.1) is 6.42 Å². The van der Waals surface area contributed by atoms with Crippen molar-refractivity contribution in [3.8, 4) is 0 Å². The second kappa shape index (κ2) is 6.36. The Hall–Kier alpha value is -1.85. The molecule has 0 radical (unpaired) electrons. The van der Waals surface area contributed by atoms with E-state index >= 15 is 0 Å². The lowest BCUT2D eigenvalue weighted by Gasteiger charge is -2.25. The van der Waals surface area contributed by atoms with Crippen molar-refractivity contribution in [1.29, 1.82) is 0 Å². The molecule has 106 valence electrons. The number of carboxylic acid groups (broad SMARTS) is 1. The van der Waals surface area contributed by atoms with E-state index in [0.29, 0.717) is 13.1 Å². The van der Waals surface area contributed by atoms with Crippen LogP contribution in [0.3, 0.4) is 0 Å². The van der Waals surface area contributed by atoms with Gasteiger partial charge in [0.2, 0.25) is 5.91 Å². The molecule has 2 N–H and O–H groups in total. The van der Waals surface area contributed by atoms with Crippen LogP contribution in [0.1, 0.15) is 33.1 Å². The highest BCUT2D eigenvalue weighted by Gasteiger charge is 2.26. The molecule has 0 aromatic carbocycles. The molecule has 0 aromatic heterocycles. The summed E-state index contributed by atoms with van der Waals surface area (Å²) in [5.74, 6) is -1.39. The maximum absolute atomic E-state index is 11.8. The average Bonchev–Trinajstić information content (AvgIpc) is 2.27. The quantitative estimate of drug-likeness (QED) is 0.754. The number of hydrogen-bond acceptors (Lipinski definition) is 3. The van der Waals surface area contributed by atoms with Gasteiger partial charge in [0.25, 0.3) is 0 Å². The van der Waals surface area contributed by atoms with Crippen molar-refractivity contribution in [1.82, 2.24) is 10.2 Å². The van der Waals surface area contributed by atoms with Gasteiger partial charge in [0, 0.05) is 19.5 Å². The van der Waals surface area contributed by atoms with Crippen LogP contribution in [0.5, 0.6) is 0 Å². The topological polar surface area (TPSA) is 86.7 Å². The zero-order valence-electron chi connectivity index (χ0n) is 11.3. The molecule has 0 saturated carbocycles. The summed E-state index contributed by atoms with van der Waals surface area (Å²) in [5, 5.41) is 11.0. The summed E-state index contributed by atoms with van der Waals surface area (Å²) in [6.45, 7) is 4.47. The lowest BCUT2D eigenvalue weighted by Crippen LogP contribution is -2.45. The molecule has 0 spiro atoms. The van der Waals surface area contributed by atoms with Gasteiger partial charge in [-0.05, 0) is 11.8 Å². The third-order valence-corrected chi connectivity index (χ3v) is 2.86. The largest absolute Gasteiger partial charge is 0.481 e. The minimum atomic E-state index is -0.953. The fourth-order valence-electron chi connectivity index (χ4n) is 1.97. The lowest BCUT2D eigenvalue weighted by molar-refractivity contribution is -0.139. The van der Waals surface area contributed by atoms with E-state index in [1.54, 1.807) is 18.7 Å². The molecule has 1 rings (SSSR count). The highest BCUT2D eigenvalue weighted by Crippen LogP contribution is 2.24. The van der Waals surface area contributed by atoms with E-state index < -0.39 is 23.3 Å². The van der Waals surface area contributed by atoms with Crippen LogP contribution in [-0.4, -0.2) is 41.0 Å². The number of imide groups is 1. The Kier molecular flexibility index (Phi) is 5.09. The Balaban J connectivity index is 2.44. The molecule has 0 aliphatic carbocycles. The van der Waals surface area contributed by atoms with Crippen molar-refractivity contribution in [2.45, 2.75) is 33.1 Å². The second-order valence-electron chi connectivity index (χ2n) is 5.47. The fourth-order valence-corrected chi connectivity index (χ4v) is 1.97. The predicted octanol–water partition coefficient (Wildman–Crippen LogP) is 1.38. The number of urea groups is 1. The molecule has 0 aromatic rings. The van der Waals surface area contributed by atoms with Gasteiger partial charge in [-0.15, -0.1) is 0 Å². The number of amides is 3. The number of hydrogen-bond donors (Lipinski definition) is 2. The van der Waals surface area contributed by atoms with Crippen molar-refractivity contribution in [3.63, 3.8) is 0 Å². The monoisotopic (exact) mass is 268 g/mol. The normalized spacial score (nSPS) is 15.2. The highest BCUT2D eigenvalue weighted by molar-refractivity contribution is 5.94. The van der Waals surface area contributed by atoms with Crippen LogP contribution in [0.2, 0.25) is 0 Å². The molecular formula is C13H20N2O4. The molecule has 6 nitrogen and oxygen atoms in total. The number of rotatable bonds is 4. The maximum atomic E-state index is 11.8. The van der Waals surface area contributed by atoms with Crippen LogP contribution in [0.4, 0.5) is 4.79 Å². The first-order chi connectivity index (χ1) is 8.80. The number of carbonyl (C=O) groups is 3. The van der Waals surface area contributed by atoms with E-state index in [4.69, 9.17) is 5.11 Å². The molecule has 1 aliphatic heterocycles. The Labute approximate surface area is 112 Å². The Morgan fingerprint density at radius 3 is 2.47 bits per heavy atom. The molecule has 0 saturated heterocycles. The summed E-state index contributed by atoms with van der Waals surface area (Å²) in [7, 11) is 0. The van der Waals surface area contributed by atoms with Gasteiger partial charge in [-0.1, -0.05) is 26.0 Å². The molecular weight excluding hydrogens is 248 g/mol. The second-order valence-corrected chi connectivity index (χ2v) is 5.47. The van der Waals surface area contributed by atoms with E-state index in [-0.39, 0.29) is 12.8 Å². The third kappa shape index (κ3) is 5.54. The summed E-state index contributed by atoms with van der Waals surface area (Å²) in [4.78, 5) is 35.7. The smallest absolute Gasteiger partial charge is 0.324 e. The maximum Gasteiger partial charge on any atom is 0.324 e. The molecule has 19 heavy (non-hydrogen) atoms. The van der Waals surface area contributed by atoms with Gasteiger partial charge in [-0.2, -0.15) is 0 Å². The Morgan fingerprint density at radius 2 is 1.95 bits per heavy atom. The van der Waals surface area contributed by atoms with Gasteiger partial charge < -0.3 is 10.0 Å².